The molecule has 6 aromatic carbocycles. The standard InChI is InChI=1S/C25H35BrF3NO2Si.C22H30F3NO2Si.C16H16F3NO/c1-33(2,3)19-18-31-20-30(16-7-15-26)17-14-24(21-8-5-4-6-9-21)32-23-12-10-22(11-13-23)25(27,28)29;1-29(2,3)16-15-27-17-26-14-13-21(18-7-5-4-6-8-18)28-20-11-9-19(10-12-20)22(23,24)25;17-16(18,19)13-6-8-14(9-7-13)21-15(10-11-20)12-4-2-1-3-5-12/h4-6,8-13,24H,7,14-20H2,1-3H3;4-12,21,26H,13-17H2,1-3H3;1-9,15H,10-11,20H2. The molecular formula is C63H81BrF9N3O5Si2. The highest BCUT2D eigenvalue weighted by Gasteiger charge is 2.32. The predicted molar refractivity (Wildman–Crippen MR) is 323 cm³/mol. The maximum absolute atomic E-state index is 12.9. The molecule has 83 heavy (non-hydrogen) atoms. The van der Waals surface area contributed by atoms with E-state index in [1.54, 1.807) is 0 Å². The van der Waals surface area contributed by atoms with Crippen molar-refractivity contribution in [3.05, 3.63) is 197 Å². The number of hydrogen-bond acceptors (Lipinski definition) is 8. The van der Waals surface area contributed by atoms with Crippen molar-refractivity contribution in [3.8, 4) is 17.2 Å². The van der Waals surface area contributed by atoms with Crippen LogP contribution in [0.2, 0.25) is 51.4 Å². The summed E-state index contributed by atoms with van der Waals surface area (Å²) in [4.78, 5) is 2.28. The molecule has 0 aliphatic rings. The number of nitrogens with zero attached hydrogens (tertiary/aromatic N) is 1. The highest BCUT2D eigenvalue weighted by molar-refractivity contribution is 9.09. The van der Waals surface area contributed by atoms with E-state index < -0.39 is 51.4 Å². The summed E-state index contributed by atoms with van der Waals surface area (Å²) >= 11 is 3.50. The second-order valence-corrected chi connectivity index (χ2v) is 34.2. The van der Waals surface area contributed by atoms with Crippen LogP contribution in [0, 0.1) is 0 Å². The van der Waals surface area contributed by atoms with Gasteiger partial charge in [0.1, 0.15) is 35.6 Å². The topological polar surface area (TPSA) is 87.4 Å². The van der Waals surface area contributed by atoms with E-state index in [1.165, 1.54) is 36.4 Å². The molecular weight excluding hydrogens is 1190 g/mol. The molecule has 0 aliphatic heterocycles. The SMILES string of the molecule is C[Si](C)(C)CCOCN(CCCBr)CCC(Oc1ccc(C(F)(F)F)cc1)c1ccccc1.C[Si](C)(C)CCOCNCCC(Oc1ccc(C(F)(F)F)cc1)c1ccccc1.NCCC(Oc1ccc(C(F)(F)F)cc1)c1ccccc1. The lowest BCUT2D eigenvalue weighted by Gasteiger charge is -2.26. The van der Waals surface area contributed by atoms with Gasteiger partial charge in [-0.05, 0) is 115 Å². The fourth-order valence-corrected chi connectivity index (χ4v) is 9.68. The van der Waals surface area contributed by atoms with Crippen LogP contribution in [0.4, 0.5) is 39.5 Å². The Bertz CT molecular complexity index is 2650. The van der Waals surface area contributed by atoms with Crippen molar-refractivity contribution >= 4 is 32.1 Å². The second kappa shape index (κ2) is 35.3. The van der Waals surface area contributed by atoms with Crippen LogP contribution in [0.5, 0.6) is 17.2 Å². The van der Waals surface area contributed by atoms with Crippen molar-refractivity contribution in [3.63, 3.8) is 0 Å². The van der Waals surface area contributed by atoms with E-state index in [4.69, 9.17) is 29.4 Å². The first-order valence-electron chi connectivity index (χ1n) is 27.8. The summed E-state index contributed by atoms with van der Waals surface area (Å²) < 4.78 is 144. The molecule has 0 bridgehead atoms. The second-order valence-electron chi connectivity index (χ2n) is 22.1. The van der Waals surface area contributed by atoms with E-state index in [9.17, 15) is 39.5 Å². The molecule has 3 atom stereocenters. The molecule has 3 N–H and O–H groups in total. The predicted octanol–water partition coefficient (Wildman–Crippen LogP) is 17.9. The van der Waals surface area contributed by atoms with Crippen molar-refractivity contribution in [2.24, 2.45) is 5.73 Å². The Labute approximate surface area is 495 Å². The van der Waals surface area contributed by atoms with E-state index in [1.807, 2.05) is 91.0 Å². The molecule has 0 aliphatic carbocycles. The Morgan fingerprint density at radius 3 is 1.16 bits per heavy atom. The number of halogens is 10. The highest BCUT2D eigenvalue weighted by atomic mass is 79.9. The average Bonchev–Trinajstić information content (AvgIpc) is 3.44. The molecule has 0 fully saturated rings. The Morgan fingerprint density at radius 2 is 0.819 bits per heavy atom. The number of hydrogen-bond donors (Lipinski definition) is 2. The summed E-state index contributed by atoms with van der Waals surface area (Å²) in [5, 5.41) is 4.17. The van der Waals surface area contributed by atoms with Gasteiger partial charge in [0.2, 0.25) is 0 Å². The number of benzene rings is 6. The quantitative estimate of drug-likeness (QED) is 0.0152. The van der Waals surface area contributed by atoms with Crippen molar-refractivity contribution in [2.75, 3.05) is 58.2 Å². The Morgan fingerprint density at radius 1 is 0.470 bits per heavy atom. The molecule has 20 heteroatoms. The first kappa shape index (κ1) is 70.3. The van der Waals surface area contributed by atoms with E-state index in [0.717, 1.165) is 103 Å². The largest absolute Gasteiger partial charge is 0.486 e. The molecule has 6 rings (SSSR count). The first-order valence-corrected chi connectivity index (χ1v) is 36.3. The number of ether oxygens (including phenoxy) is 5. The molecule has 0 spiro atoms. The van der Waals surface area contributed by atoms with Crippen LogP contribution in [0.15, 0.2) is 164 Å². The molecule has 3 unspecified atom stereocenters. The number of alkyl halides is 10. The summed E-state index contributed by atoms with van der Waals surface area (Å²) in [7, 11) is -2.23. The summed E-state index contributed by atoms with van der Waals surface area (Å²) in [5.74, 6) is 1.23. The zero-order chi connectivity index (χ0) is 60.9. The summed E-state index contributed by atoms with van der Waals surface area (Å²) in [6.45, 7) is 19.3. The van der Waals surface area contributed by atoms with Crippen molar-refractivity contribution in [1.82, 2.24) is 10.2 Å². The minimum atomic E-state index is -4.36. The lowest BCUT2D eigenvalue weighted by atomic mass is 10.1. The Kier molecular flexibility index (Phi) is 29.9. The Balaban J connectivity index is 0.000000274. The van der Waals surface area contributed by atoms with E-state index in [-0.39, 0.29) is 18.3 Å². The van der Waals surface area contributed by atoms with Crippen LogP contribution in [0.25, 0.3) is 0 Å². The van der Waals surface area contributed by atoms with Gasteiger partial charge < -0.3 is 29.4 Å². The molecule has 0 amide bonds. The minimum absolute atomic E-state index is 0.262. The van der Waals surface area contributed by atoms with Crippen LogP contribution < -0.4 is 25.3 Å². The number of rotatable bonds is 30. The average molecular weight is 1270 g/mol. The van der Waals surface area contributed by atoms with Gasteiger partial charge in [-0.15, -0.1) is 0 Å². The summed E-state index contributed by atoms with van der Waals surface area (Å²) in [6, 6.07) is 45.6. The van der Waals surface area contributed by atoms with Gasteiger partial charge in [-0.25, -0.2) is 0 Å². The van der Waals surface area contributed by atoms with Gasteiger partial charge in [-0.2, -0.15) is 39.5 Å². The number of nitrogens with two attached hydrogens (primary N) is 1. The maximum atomic E-state index is 12.9. The summed E-state index contributed by atoms with van der Waals surface area (Å²) in [6.07, 6.45) is -10.9. The molecule has 8 nitrogen and oxygen atoms in total. The lowest BCUT2D eigenvalue weighted by molar-refractivity contribution is -0.138. The van der Waals surface area contributed by atoms with E-state index in [2.05, 4.69) is 65.4 Å². The van der Waals surface area contributed by atoms with Gasteiger partial charge in [-0.1, -0.05) is 146 Å². The molecule has 0 aromatic heterocycles. The third-order valence-corrected chi connectivity index (χ3v) is 16.7. The number of nitrogens with one attached hydrogen (secondary N) is 1. The van der Waals surface area contributed by atoms with E-state index in [0.29, 0.717) is 63.1 Å². The zero-order valence-corrected chi connectivity index (χ0v) is 51.9. The third-order valence-electron chi connectivity index (χ3n) is 12.7. The molecule has 0 heterocycles. The fourth-order valence-electron chi connectivity index (χ4n) is 7.92. The normalized spacial score (nSPS) is 13.2. The van der Waals surface area contributed by atoms with Crippen LogP contribution in [-0.4, -0.2) is 79.2 Å². The Hall–Kier alpha value is -5.20. The molecule has 0 radical (unpaired) electrons. The van der Waals surface area contributed by atoms with Crippen molar-refractivity contribution in [1.29, 1.82) is 0 Å². The highest BCUT2D eigenvalue weighted by Crippen LogP contribution is 2.35. The fraction of sp³-hybridized carbons (Fsp3) is 0.429. The van der Waals surface area contributed by atoms with Gasteiger partial charge in [0.15, 0.2) is 0 Å². The molecule has 456 valence electrons. The van der Waals surface area contributed by atoms with Crippen LogP contribution in [0.1, 0.15) is 77.4 Å². The third kappa shape index (κ3) is 29.0. The van der Waals surface area contributed by atoms with Gasteiger partial charge in [-0.3, -0.25) is 10.2 Å². The maximum Gasteiger partial charge on any atom is 0.416 e. The van der Waals surface area contributed by atoms with Crippen LogP contribution in [-0.2, 0) is 28.0 Å². The zero-order valence-electron chi connectivity index (χ0n) is 48.3. The molecule has 6 aromatic rings. The smallest absolute Gasteiger partial charge is 0.416 e. The van der Waals surface area contributed by atoms with Gasteiger partial charge in [0.25, 0.3) is 0 Å². The van der Waals surface area contributed by atoms with Crippen molar-refractivity contribution in [2.45, 2.75) is 114 Å². The van der Waals surface area contributed by atoms with Crippen LogP contribution in [0.3, 0.4) is 0 Å². The molecule has 0 saturated carbocycles. The van der Waals surface area contributed by atoms with Crippen LogP contribution >= 0.6 is 15.9 Å². The minimum Gasteiger partial charge on any atom is -0.486 e. The molecule has 0 saturated heterocycles. The van der Waals surface area contributed by atoms with Gasteiger partial charge in [0, 0.05) is 73.6 Å². The lowest BCUT2D eigenvalue weighted by Crippen LogP contribution is -2.31. The van der Waals surface area contributed by atoms with E-state index >= 15 is 0 Å². The monoisotopic (exact) mass is 1270 g/mol. The van der Waals surface area contributed by atoms with Gasteiger partial charge in [0.05, 0.1) is 30.2 Å². The summed E-state index contributed by atoms with van der Waals surface area (Å²) in [5.41, 5.74) is 6.45. The van der Waals surface area contributed by atoms with Gasteiger partial charge >= 0.3 is 18.5 Å². The van der Waals surface area contributed by atoms with Crippen molar-refractivity contribution < 1.29 is 63.2 Å². The first-order chi connectivity index (χ1) is 39.2.